The van der Waals surface area contributed by atoms with Crippen molar-refractivity contribution in [2.45, 2.75) is 45.4 Å². The van der Waals surface area contributed by atoms with Crippen LogP contribution in [-0.2, 0) is 11.2 Å². The molecule has 3 rings (SSSR count). The first-order chi connectivity index (χ1) is 13.2. The van der Waals surface area contributed by atoms with Crippen LogP contribution in [0.5, 0.6) is 5.75 Å². The average molecular weight is 365 g/mol. The number of hydrogen-bond donors (Lipinski definition) is 2. The lowest BCUT2D eigenvalue weighted by Crippen LogP contribution is -2.01. The summed E-state index contributed by atoms with van der Waals surface area (Å²) in [7, 11) is 0. The number of hydrogen-bond acceptors (Lipinski definition) is 2. The molecule has 0 aliphatic carbocycles. The maximum absolute atomic E-state index is 10.9. The van der Waals surface area contributed by atoms with Crippen LogP contribution < -0.4 is 4.74 Å². The summed E-state index contributed by atoms with van der Waals surface area (Å²) >= 11 is 0. The third kappa shape index (κ3) is 5.13. The Morgan fingerprint density at radius 2 is 1.96 bits per heavy atom. The Morgan fingerprint density at radius 1 is 1.07 bits per heavy atom. The van der Waals surface area contributed by atoms with Crippen LogP contribution in [0, 0.1) is 0 Å². The van der Waals surface area contributed by atoms with Crippen LogP contribution in [-0.4, -0.2) is 22.7 Å². The highest BCUT2D eigenvalue weighted by Crippen LogP contribution is 2.33. The largest absolute Gasteiger partial charge is 0.493 e. The van der Waals surface area contributed by atoms with Crippen LogP contribution in [0.15, 0.2) is 48.7 Å². The van der Waals surface area contributed by atoms with Gasteiger partial charge in [0.05, 0.1) is 6.61 Å². The first kappa shape index (κ1) is 19.0. The van der Waals surface area contributed by atoms with Gasteiger partial charge in [-0.3, -0.25) is 4.79 Å². The summed E-state index contributed by atoms with van der Waals surface area (Å²) in [4.78, 5) is 14.1. The van der Waals surface area contributed by atoms with E-state index in [-0.39, 0.29) is 6.42 Å². The van der Waals surface area contributed by atoms with E-state index in [2.05, 4.69) is 42.2 Å². The number of carbonyl (C=O) groups is 1. The van der Waals surface area contributed by atoms with Crippen LogP contribution in [0.2, 0.25) is 0 Å². The molecular formula is C23H27NO3. The molecule has 27 heavy (non-hydrogen) atoms. The minimum atomic E-state index is -0.776. The maximum atomic E-state index is 10.9. The summed E-state index contributed by atoms with van der Waals surface area (Å²) in [6, 6.07) is 14.4. The number of carboxylic acids is 1. The van der Waals surface area contributed by atoms with Crippen molar-refractivity contribution in [3.05, 3.63) is 54.2 Å². The van der Waals surface area contributed by atoms with Gasteiger partial charge in [-0.25, -0.2) is 0 Å². The summed E-state index contributed by atoms with van der Waals surface area (Å²) in [6.45, 7) is 2.90. The van der Waals surface area contributed by atoms with E-state index in [9.17, 15) is 4.79 Å². The second-order valence-corrected chi connectivity index (χ2v) is 6.91. The van der Waals surface area contributed by atoms with E-state index in [0.29, 0.717) is 13.0 Å². The molecule has 0 aliphatic rings. The number of aromatic amines is 1. The van der Waals surface area contributed by atoms with Crippen molar-refractivity contribution in [3.63, 3.8) is 0 Å². The second kappa shape index (κ2) is 9.26. The van der Waals surface area contributed by atoms with Crippen molar-refractivity contribution in [3.8, 4) is 16.9 Å². The first-order valence-corrected chi connectivity index (χ1v) is 9.72. The molecule has 0 bridgehead atoms. The molecule has 4 heteroatoms. The Hall–Kier alpha value is -2.75. The summed E-state index contributed by atoms with van der Waals surface area (Å²) in [5.41, 5.74) is 4.22. The molecule has 142 valence electrons. The first-order valence-electron chi connectivity index (χ1n) is 9.72. The number of fused-ring (bicyclic) bond motifs is 1. The van der Waals surface area contributed by atoms with E-state index < -0.39 is 5.97 Å². The van der Waals surface area contributed by atoms with Crippen molar-refractivity contribution < 1.29 is 14.6 Å². The quantitative estimate of drug-likeness (QED) is 0.446. The van der Waals surface area contributed by atoms with Crippen molar-refractivity contribution in [2.24, 2.45) is 0 Å². The Kier molecular flexibility index (Phi) is 6.53. The molecule has 0 spiro atoms. The summed E-state index contributed by atoms with van der Waals surface area (Å²) in [5.74, 6) is 0.0852. The predicted molar refractivity (Wildman–Crippen MR) is 109 cm³/mol. The Bertz CT molecular complexity index is 898. The van der Waals surface area contributed by atoms with Crippen LogP contribution in [0.4, 0.5) is 0 Å². The van der Waals surface area contributed by atoms with Gasteiger partial charge in [0.25, 0.3) is 0 Å². The molecule has 0 fully saturated rings. The molecule has 0 amide bonds. The second-order valence-electron chi connectivity index (χ2n) is 6.91. The lowest BCUT2D eigenvalue weighted by atomic mass is 9.99. The predicted octanol–water partition coefficient (Wildman–Crippen LogP) is 5.81. The number of carboxylic acid groups (broad SMARTS) is 1. The molecule has 0 saturated carbocycles. The third-order valence-corrected chi connectivity index (χ3v) is 4.79. The number of aliphatic carboxylic acids is 1. The standard InChI is InChI=1S/C23H27NO3/c1-2-3-4-5-14-27-22-10-6-17(7-11-23(25)26)15-20(22)18-8-9-21-19(16-18)12-13-24-21/h6,8-10,12-13,15-16,24H,2-5,7,11,14H2,1H3,(H,25,26). The highest BCUT2D eigenvalue weighted by molar-refractivity contribution is 5.86. The molecule has 1 aromatic heterocycles. The molecular weight excluding hydrogens is 338 g/mol. The van der Waals surface area contributed by atoms with Gasteiger partial charge in [0.15, 0.2) is 0 Å². The molecule has 4 nitrogen and oxygen atoms in total. The fourth-order valence-corrected chi connectivity index (χ4v) is 3.27. The van der Waals surface area contributed by atoms with Crippen LogP contribution in [0.25, 0.3) is 22.0 Å². The van der Waals surface area contributed by atoms with Crippen LogP contribution in [0.3, 0.4) is 0 Å². The third-order valence-electron chi connectivity index (χ3n) is 4.79. The Balaban J connectivity index is 1.85. The van der Waals surface area contributed by atoms with Gasteiger partial charge >= 0.3 is 5.97 Å². The number of aryl methyl sites for hydroxylation is 1. The van der Waals surface area contributed by atoms with Crippen molar-refractivity contribution in [2.75, 3.05) is 6.61 Å². The highest BCUT2D eigenvalue weighted by Gasteiger charge is 2.10. The Labute approximate surface area is 160 Å². The molecule has 0 radical (unpaired) electrons. The number of unbranched alkanes of at least 4 members (excludes halogenated alkanes) is 3. The summed E-state index contributed by atoms with van der Waals surface area (Å²) < 4.78 is 6.09. The van der Waals surface area contributed by atoms with Crippen molar-refractivity contribution >= 4 is 16.9 Å². The van der Waals surface area contributed by atoms with Crippen LogP contribution >= 0.6 is 0 Å². The van der Waals surface area contributed by atoms with Gasteiger partial charge in [-0.05, 0) is 59.7 Å². The van der Waals surface area contributed by atoms with Gasteiger partial charge in [-0.2, -0.15) is 0 Å². The molecule has 2 aromatic carbocycles. The van der Waals surface area contributed by atoms with Gasteiger partial charge in [-0.1, -0.05) is 38.3 Å². The molecule has 1 heterocycles. The zero-order valence-corrected chi connectivity index (χ0v) is 15.8. The zero-order valence-electron chi connectivity index (χ0n) is 15.8. The van der Waals surface area contributed by atoms with E-state index in [0.717, 1.165) is 39.8 Å². The molecule has 2 N–H and O–H groups in total. The van der Waals surface area contributed by atoms with E-state index in [1.54, 1.807) is 0 Å². The fourth-order valence-electron chi connectivity index (χ4n) is 3.27. The van der Waals surface area contributed by atoms with Gasteiger partial charge in [0.1, 0.15) is 5.75 Å². The minimum Gasteiger partial charge on any atom is -0.493 e. The van der Waals surface area contributed by atoms with E-state index in [1.165, 1.54) is 19.3 Å². The van der Waals surface area contributed by atoms with Crippen molar-refractivity contribution in [1.82, 2.24) is 4.98 Å². The average Bonchev–Trinajstić information content (AvgIpc) is 3.14. The molecule has 3 aromatic rings. The lowest BCUT2D eigenvalue weighted by molar-refractivity contribution is -0.136. The van der Waals surface area contributed by atoms with E-state index >= 15 is 0 Å². The summed E-state index contributed by atoms with van der Waals surface area (Å²) in [5, 5.41) is 10.1. The number of rotatable bonds is 10. The lowest BCUT2D eigenvalue weighted by Gasteiger charge is -2.14. The zero-order chi connectivity index (χ0) is 19.1. The minimum absolute atomic E-state index is 0.132. The fraction of sp³-hybridized carbons (Fsp3) is 0.348. The monoisotopic (exact) mass is 365 g/mol. The molecule has 0 atom stereocenters. The van der Waals surface area contributed by atoms with Gasteiger partial charge in [-0.15, -0.1) is 0 Å². The number of nitrogens with one attached hydrogen (secondary N) is 1. The van der Waals surface area contributed by atoms with Gasteiger partial charge in [0.2, 0.25) is 0 Å². The molecule has 0 unspecified atom stereocenters. The topological polar surface area (TPSA) is 62.3 Å². The maximum Gasteiger partial charge on any atom is 0.303 e. The van der Waals surface area contributed by atoms with Crippen molar-refractivity contribution in [1.29, 1.82) is 0 Å². The van der Waals surface area contributed by atoms with Gasteiger partial charge < -0.3 is 14.8 Å². The number of H-pyrrole nitrogens is 1. The smallest absolute Gasteiger partial charge is 0.303 e. The van der Waals surface area contributed by atoms with E-state index in [1.807, 2.05) is 18.3 Å². The number of ether oxygens (including phenoxy) is 1. The molecule has 0 saturated heterocycles. The molecule has 0 aliphatic heterocycles. The normalized spacial score (nSPS) is 11.0. The van der Waals surface area contributed by atoms with E-state index in [4.69, 9.17) is 9.84 Å². The SMILES string of the molecule is CCCCCCOc1ccc(CCC(=O)O)cc1-c1ccc2[nH]ccc2c1. The Morgan fingerprint density at radius 3 is 2.78 bits per heavy atom. The summed E-state index contributed by atoms with van der Waals surface area (Å²) in [6.07, 6.45) is 7.25. The highest BCUT2D eigenvalue weighted by atomic mass is 16.5. The number of benzene rings is 2. The van der Waals surface area contributed by atoms with Gasteiger partial charge in [0, 0.05) is 23.7 Å². The number of aromatic nitrogens is 1. The van der Waals surface area contributed by atoms with Crippen LogP contribution in [0.1, 0.15) is 44.6 Å².